The van der Waals surface area contributed by atoms with E-state index in [1.807, 2.05) is 0 Å². The predicted octanol–water partition coefficient (Wildman–Crippen LogP) is 1.72. The predicted molar refractivity (Wildman–Crippen MR) is 92.0 cm³/mol. The summed E-state index contributed by atoms with van der Waals surface area (Å²) < 4.78 is 4.90. The number of nitrogens with one attached hydrogen (secondary N) is 2. The van der Waals surface area contributed by atoms with Crippen molar-refractivity contribution in [1.29, 1.82) is 0 Å². The summed E-state index contributed by atoms with van der Waals surface area (Å²) in [6, 6.07) is 1.95. The molecule has 2 aliphatic rings. The topological polar surface area (TPSA) is 87.5 Å². The Morgan fingerprint density at radius 2 is 2.17 bits per heavy atom. The number of aromatic nitrogens is 1. The van der Waals surface area contributed by atoms with E-state index in [0.717, 1.165) is 12.8 Å². The van der Waals surface area contributed by atoms with Crippen molar-refractivity contribution in [3.63, 3.8) is 0 Å². The molecular weight excluding hydrogens is 332 g/mol. The molecule has 24 heavy (non-hydrogen) atoms. The fraction of sp³-hybridized carbons (Fsp3) is 0.688. The van der Waals surface area contributed by atoms with Crippen LogP contribution < -0.4 is 10.6 Å². The molecule has 0 spiro atoms. The standard InChI is InChI=1S/C16H24N4O3.ClH/c1-10-7-14(19-23-10)18-15(21)9-20(2)16(22)13-8-11-5-3-4-6-12(11)17-13;/h7,11-13,17H,3-6,8-9H2,1-2H3,(H,18,19,21);1H. The first-order chi connectivity index (χ1) is 11.0. The van der Waals surface area contributed by atoms with Crippen molar-refractivity contribution in [2.24, 2.45) is 5.92 Å². The van der Waals surface area contributed by atoms with Crippen LogP contribution in [0.15, 0.2) is 10.6 Å². The molecule has 1 saturated carbocycles. The van der Waals surface area contributed by atoms with Crippen molar-refractivity contribution < 1.29 is 14.1 Å². The third kappa shape index (κ3) is 4.27. The van der Waals surface area contributed by atoms with Gasteiger partial charge in [0.1, 0.15) is 5.76 Å². The lowest BCUT2D eigenvalue weighted by Gasteiger charge is -2.24. The molecule has 0 bridgehead atoms. The summed E-state index contributed by atoms with van der Waals surface area (Å²) in [5, 5.41) is 9.79. The Balaban J connectivity index is 0.00000208. The molecule has 2 heterocycles. The number of carbonyl (C=O) groups excluding carboxylic acids is 2. The molecular formula is C16H25ClN4O3. The fourth-order valence-electron chi connectivity index (χ4n) is 3.68. The van der Waals surface area contributed by atoms with Gasteiger partial charge in [0.15, 0.2) is 5.82 Å². The number of aryl methyl sites for hydroxylation is 1. The maximum atomic E-state index is 12.5. The largest absolute Gasteiger partial charge is 0.360 e. The second-order valence-corrected chi connectivity index (χ2v) is 6.67. The molecule has 0 aromatic carbocycles. The molecule has 2 N–H and O–H groups in total. The van der Waals surface area contributed by atoms with Crippen LogP contribution in [0.2, 0.25) is 0 Å². The molecule has 134 valence electrons. The number of rotatable bonds is 4. The quantitative estimate of drug-likeness (QED) is 0.857. The van der Waals surface area contributed by atoms with Gasteiger partial charge in [0, 0.05) is 19.2 Å². The molecule has 3 unspecified atom stereocenters. The van der Waals surface area contributed by atoms with Crippen molar-refractivity contribution in [3.8, 4) is 0 Å². The second-order valence-electron chi connectivity index (χ2n) is 6.67. The van der Waals surface area contributed by atoms with Gasteiger partial charge in [-0.15, -0.1) is 12.4 Å². The van der Waals surface area contributed by atoms with Crippen molar-refractivity contribution in [1.82, 2.24) is 15.4 Å². The van der Waals surface area contributed by atoms with E-state index in [0.29, 0.717) is 23.5 Å². The highest BCUT2D eigenvalue weighted by molar-refractivity contribution is 5.94. The van der Waals surface area contributed by atoms with Crippen LogP contribution in [-0.4, -0.2) is 47.5 Å². The zero-order chi connectivity index (χ0) is 16.4. The van der Waals surface area contributed by atoms with Crippen LogP contribution in [0.3, 0.4) is 0 Å². The summed E-state index contributed by atoms with van der Waals surface area (Å²) in [4.78, 5) is 26.0. The van der Waals surface area contributed by atoms with E-state index in [-0.39, 0.29) is 36.8 Å². The van der Waals surface area contributed by atoms with Crippen molar-refractivity contribution >= 4 is 30.0 Å². The summed E-state index contributed by atoms with van der Waals surface area (Å²) in [5.74, 6) is 1.33. The van der Waals surface area contributed by atoms with Crippen LogP contribution in [0.5, 0.6) is 0 Å². The van der Waals surface area contributed by atoms with Gasteiger partial charge in [-0.1, -0.05) is 18.0 Å². The van der Waals surface area contributed by atoms with Gasteiger partial charge < -0.3 is 20.1 Å². The van der Waals surface area contributed by atoms with E-state index in [1.165, 1.54) is 24.2 Å². The summed E-state index contributed by atoms with van der Waals surface area (Å²) in [6.45, 7) is 1.77. The molecule has 1 aromatic rings. The lowest BCUT2D eigenvalue weighted by Crippen LogP contribution is -2.46. The van der Waals surface area contributed by atoms with E-state index in [2.05, 4.69) is 15.8 Å². The number of fused-ring (bicyclic) bond motifs is 1. The highest BCUT2D eigenvalue weighted by Gasteiger charge is 2.39. The van der Waals surface area contributed by atoms with Crippen molar-refractivity contribution in [2.75, 3.05) is 18.9 Å². The average Bonchev–Trinajstić information content (AvgIpc) is 3.12. The average molecular weight is 357 g/mol. The van der Waals surface area contributed by atoms with Crippen LogP contribution in [0.25, 0.3) is 0 Å². The summed E-state index contributed by atoms with van der Waals surface area (Å²) in [5.41, 5.74) is 0. The number of hydrogen-bond acceptors (Lipinski definition) is 5. The molecule has 1 aliphatic heterocycles. The fourth-order valence-corrected chi connectivity index (χ4v) is 3.68. The number of anilines is 1. The first-order valence-corrected chi connectivity index (χ1v) is 8.27. The molecule has 3 rings (SSSR count). The second kappa shape index (κ2) is 7.98. The number of nitrogens with zero attached hydrogens (tertiary/aromatic N) is 2. The van der Waals surface area contributed by atoms with Crippen LogP contribution >= 0.6 is 12.4 Å². The first-order valence-electron chi connectivity index (χ1n) is 8.27. The Labute approximate surface area is 147 Å². The minimum Gasteiger partial charge on any atom is -0.360 e. The SMILES string of the molecule is Cc1cc(NC(=O)CN(C)C(=O)C2CC3CCCCC3N2)no1.Cl. The smallest absolute Gasteiger partial charge is 0.245 e. The summed E-state index contributed by atoms with van der Waals surface area (Å²) in [7, 11) is 1.67. The van der Waals surface area contributed by atoms with Gasteiger partial charge in [-0.05, 0) is 32.1 Å². The van der Waals surface area contributed by atoms with Gasteiger partial charge in [-0.25, -0.2) is 0 Å². The van der Waals surface area contributed by atoms with Gasteiger partial charge in [-0.2, -0.15) is 0 Å². The van der Waals surface area contributed by atoms with E-state index in [4.69, 9.17) is 4.52 Å². The minimum atomic E-state index is -0.274. The number of halogens is 1. The van der Waals surface area contributed by atoms with Gasteiger partial charge >= 0.3 is 0 Å². The zero-order valence-electron chi connectivity index (χ0n) is 14.1. The van der Waals surface area contributed by atoms with Gasteiger partial charge in [0.2, 0.25) is 11.8 Å². The Hall–Kier alpha value is -1.60. The first kappa shape index (κ1) is 18.7. The monoisotopic (exact) mass is 356 g/mol. The molecule has 1 saturated heterocycles. The van der Waals surface area contributed by atoms with E-state index < -0.39 is 0 Å². The Morgan fingerprint density at radius 3 is 2.83 bits per heavy atom. The summed E-state index contributed by atoms with van der Waals surface area (Å²) >= 11 is 0. The van der Waals surface area contributed by atoms with Crippen LogP contribution in [0.4, 0.5) is 5.82 Å². The molecule has 2 fully saturated rings. The lowest BCUT2D eigenvalue weighted by molar-refractivity contribution is -0.134. The van der Waals surface area contributed by atoms with Gasteiger partial charge in [0.05, 0.1) is 12.6 Å². The number of likely N-dealkylation sites (N-methyl/N-ethyl adjacent to an activating group) is 1. The molecule has 8 heteroatoms. The van der Waals surface area contributed by atoms with Crippen molar-refractivity contribution in [3.05, 3.63) is 11.8 Å². The Kier molecular flexibility index (Phi) is 6.23. The number of carbonyl (C=O) groups is 2. The highest BCUT2D eigenvalue weighted by atomic mass is 35.5. The maximum absolute atomic E-state index is 12.5. The van der Waals surface area contributed by atoms with Crippen LogP contribution in [-0.2, 0) is 9.59 Å². The Bertz CT molecular complexity index is 578. The van der Waals surface area contributed by atoms with E-state index >= 15 is 0 Å². The summed E-state index contributed by atoms with van der Waals surface area (Å²) in [6.07, 6.45) is 5.75. The van der Waals surface area contributed by atoms with Gasteiger partial charge in [-0.3, -0.25) is 9.59 Å². The Morgan fingerprint density at radius 1 is 1.42 bits per heavy atom. The zero-order valence-corrected chi connectivity index (χ0v) is 14.9. The van der Waals surface area contributed by atoms with E-state index in [1.54, 1.807) is 20.0 Å². The molecule has 0 radical (unpaired) electrons. The maximum Gasteiger partial charge on any atom is 0.245 e. The molecule has 7 nitrogen and oxygen atoms in total. The third-order valence-corrected chi connectivity index (χ3v) is 4.81. The third-order valence-electron chi connectivity index (χ3n) is 4.81. The van der Waals surface area contributed by atoms with E-state index in [9.17, 15) is 9.59 Å². The normalized spacial score (nSPS) is 25.5. The molecule has 1 aromatic heterocycles. The van der Waals surface area contributed by atoms with Crippen molar-refractivity contribution in [2.45, 2.75) is 51.1 Å². The number of hydrogen-bond donors (Lipinski definition) is 2. The highest BCUT2D eigenvalue weighted by Crippen LogP contribution is 2.33. The molecule has 1 aliphatic carbocycles. The number of amides is 2. The van der Waals surface area contributed by atoms with Gasteiger partial charge in [0.25, 0.3) is 0 Å². The van der Waals surface area contributed by atoms with Crippen LogP contribution in [0.1, 0.15) is 37.9 Å². The molecule has 2 amide bonds. The van der Waals surface area contributed by atoms with Crippen LogP contribution in [0, 0.1) is 12.8 Å². The lowest BCUT2D eigenvalue weighted by atomic mass is 9.85. The minimum absolute atomic E-state index is 0. The molecule has 3 atom stereocenters.